The normalized spacial score (nSPS) is 16.2. The molecule has 0 spiro atoms. The Hall–Kier alpha value is -1.80. The minimum Gasteiger partial charge on any atom is -0.366 e. The van der Waals surface area contributed by atoms with E-state index in [-0.39, 0.29) is 5.82 Å². The van der Waals surface area contributed by atoms with Crippen molar-refractivity contribution in [3.05, 3.63) is 46.3 Å². The summed E-state index contributed by atoms with van der Waals surface area (Å²) in [4.78, 5) is 11.5. The largest absolute Gasteiger partial charge is 0.366 e. The molecule has 2 aromatic rings. The van der Waals surface area contributed by atoms with Gasteiger partial charge in [-0.15, -0.1) is 0 Å². The van der Waals surface area contributed by atoms with Crippen molar-refractivity contribution in [2.45, 2.75) is 31.6 Å². The third-order valence-corrected chi connectivity index (χ3v) is 7.57. The fraction of sp³-hybridized carbons (Fsp3) is 0.400. The van der Waals surface area contributed by atoms with Gasteiger partial charge in [0.1, 0.15) is 5.82 Å². The maximum absolute atomic E-state index is 13.7. The van der Waals surface area contributed by atoms with Crippen LogP contribution < -0.4 is 0 Å². The van der Waals surface area contributed by atoms with E-state index in [1.165, 1.54) is 12.1 Å². The molecule has 1 saturated carbocycles. The third-order valence-electron chi connectivity index (χ3n) is 4.59. The summed E-state index contributed by atoms with van der Waals surface area (Å²) in [5.74, 6) is 0.892. The van der Waals surface area contributed by atoms with E-state index in [0.29, 0.717) is 32.6 Å². The first kappa shape index (κ1) is 20.9. The molecule has 0 N–H and O–H groups in total. The monoisotopic (exact) mass is 466 g/mol. The number of benzene rings is 1. The Balaban J connectivity index is 2.02. The lowest BCUT2D eigenvalue weighted by Crippen LogP contribution is -2.14. The molecule has 1 atom stereocenters. The van der Waals surface area contributed by atoms with Crippen LogP contribution in [0.1, 0.15) is 25.5 Å². The van der Waals surface area contributed by atoms with Gasteiger partial charge in [0, 0.05) is 24.2 Å². The molecule has 3 rings (SSSR count). The smallest absolute Gasteiger partial charge is 0.176 e. The molecule has 1 fully saturated rings. The second-order valence-corrected chi connectivity index (χ2v) is 10.1. The van der Waals surface area contributed by atoms with E-state index in [1.807, 2.05) is 31.9 Å². The van der Waals surface area contributed by atoms with Crippen molar-refractivity contribution in [2.75, 3.05) is 19.3 Å². The van der Waals surface area contributed by atoms with E-state index in [9.17, 15) is 8.60 Å². The van der Waals surface area contributed by atoms with Crippen molar-refractivity contribution in [3.8, 4) is 0 Å². The van der Waals surface area contributed by atoms with Gasteiger partial charge in [-0.1, -0.05) is 0 Å². The first-order valence-corrected chi connectivity index (χ1v) is 11.7. The second-order valence-electron chi connectivity index (χ2n) is 7.01. The van der Waals surface area contributed by atoms with Gasteiger partial charge in [-0.05, 0) is 78.9 Å². The van der Waals surface area contributed by atoms with Crippen LogP contribution in [0.4, 0.5) is 15.9 Å². The van der Waals surface area contributed by atoms with Crippen LogP contribution in [0.2, 0.25) is 0 Å². The van der Waals surface area contributed by atoms with Gasteiger partial charge in [0.25, 0.3) is 0 Å². The summed E-state index contributed by atoms with van der Waals surface area (Å²) < 4.78 is 32.3. The number of pyridine rings is 1. The van der Waals surface area contributed by atoms with Gasteiger partial charge in [0.05, 0.1) is 31.9 Å². The molecule has 8 heteroatoms. The molecule has 1 heterocycles. The van der Waals surface area contributed by atoms with E-state index >= 15 is 0 Å². The van der Waals surface area contributed by atoms with Crippen molar-refractivity contribution >= 4 is 43.5 Å². The highest BCUT2D eigenvalue weighted by Gasteiger charge is 2.28. The van der Waals surface area contributed by atoms with Crippen molar-refractivity contribution in [2.24, 2.45) is 15.3 Å². The quantitative estimate of drug-likeness (QED) is 0.401. The molecule has 1 unspecified atom stereocenters. The summed E-state index contributed by atoms with van der Waals surface area (Å²) in [5.41, 5.74) is 1.43. The number of aromatic nitrogens is 1. The average Bonchev–Trinajstić information content (AvgIpc) is 3.47. The summed E-state index contributed by atoms with van der Waals surface area (Å²) in [5, 5.41) is 0. The summed E-state index contributed by atoms with van der Waals surface area (Å²) in [6.07, 6.45) is 3.86. The Labute approximate surface area is 174 Å². The molecule has 28 heavy (non-hydrogen) atoms. The average molecular weight is 467 g/mol. The SMILES string of the molecule is CCN(C)C=Nc1cc(Br)c(N=S(=O)(CC2CC2)c2ccc(F)cc2)nc1C. The first-order valence-electron chi connectivity index (χ1n) is 9.22. The number of aliphatic imine (C=N–C) groups is 1. The second kappa shape index (κ2) is 8.69. The molecule has 0 radical (unpaired) electrons. The minimum atomic E-state index is -2.74. The maximum atomic E-state index is 13.7. The molecule has 1 aromatic heterocycles. The molecule has 150 valence electrons. The lowest BCUT2D eigenvalue weighted by Gasteiger charge is -2.12. The zero-order valence-corrected chi connectivity index (χ0v) is 18.6. The molecule has 0 amide bonds. The topological polar surface area (TPSA) is 57.9 Å². The molecular formula is C20H24BrFN4OS. The molecule has 0 saturated heterocycles. The van der Waals surface area contributed by atoms with Crippen LogP contribution in [0.3, 0.4) is 0 Å². The minimum absolute atomic E-state index is 0.355. The van der Waals surface area contributed by atoms with Gasteiger partial charge in [-0.2, -0.15) is 4.36 Å². The van der Waals surface area contributed by atoms with Crippen LogP contribution in [-0.2, 0) is 9.73 Å². The van der Waals surface area contributed by atoms with Gasteiger partial charge in [0.2, 0.25) is 0 Å². The Morgan fingerprint density at radius 3 is 2.64 bits per heavy atom. The van der Waals surface area contributed by atoms with E-state index < -0.39 is 9.73 Å². The maximum Gasteiger partial charge on any atom is 0.176 e. The van der Waals surface area contributed by atoms with Crippen LogP contribution in [-0.4, -0.2) is 39.8 Å². The Morgan fingerprint density at radius 1 is 1.36 bits per heavy atom. The van der Waals surface area contributed by atoms with Crippen LogP contribution in [0.5, 0.6) is 0 Å². The number of hydrogen-bond donors (Lipinski definition) is 0. The Bertz CT molecular complexity index is 996. The summed E-state index contributed by atoms with van der Waals surface area (Å²) in [7, 11) is -0.792. The van der Waals surface area contributed by atoms with Crippen LogP contribution in [0.15, 0.2) is 49.1 Å². The fourth-order valence-electron chi connectivity index (χ4n) is 2.57. The van der Waals surface area contributed by atoms with E-state index in [0.717, 1.165) is 25.1 Å². The Morgan fingerprint density at radius 2 is 2.04 bits per heavy atom. The van der Waals surface area contributed by atoms with Crippen molar-refractivity contribution in [1.29, 1.82) is 0 Å². The van der Waals surface area contributed by atoms with Crippen molar-refractivity contribution in [3.63, 3.8) is 0 Å². The summed E-state index contributed by atoms with van der Waals surface area (Å²) >= 11 is 3.49. The van der Waals surface area contributed by atoms with Crippen molar-refractivity contribution < 1.29 is 8.60 Å². The molecule has 1 aliphatic rings. The number of hydrogen-bond acceptors (Lipinski definition) is 4. The van der Waals surface area contributed by atoms with Crippen LogP contribution in [0.25, 0.3) is 0 Å². The van der Waals surface area contributed by atoms with Crippen molar-refractivity contribution in [1.82, 2.24) is 9.88 Å². The standard InChI is InChI=1S/C20H24BrFN4OS/c1-4-26(3)13-23-19-11-18(21)20(24-14(19)2)25-28(27,12-15-5-6-15)17-9-7-16(22)8-10-17/h7-11,13,15H,4-6,12H2,1-3H3. The zero-order valence-electron chi connectivity index (χ0n) is 16.2. The third kappa shape index (κ3) is 5.17. The fourth-order valence-corrected chi connectivity index (χ4v) is 5.41. The van der Waals surface area contributed by atoms with Gasteiger partial charge in [-0.25, -0.2) is 18.6 Å². The van der Waals surface area contributed by atoms with E-state index in [4.69, 9.17) is 0 Å². The molecule has 5 nitrogen and oxygen atoms in total. The highest BCUT2D eigenvalue weighted by molar-refractivity contribution is 9.10. The molecule has 0 bridgehead atoms. The predicted octanol–water partition coefficient (Wildman–Crippen LogP) is 5.47. The highest BCUT2D eigenvalue weighted by atomic mass is 79.9. The van der Waals surface area contributed by atoms with Crippen LogP contribution in [0, 0.1) is 18.7 Å². The number of aryl methyl sites for hydroxylation is 1. The summed E-state index contributed by atoms with van der Waals surface area (Å²) in [6.45, 7) is 4.75. The molecular weight excluding hydrogens is 443 g/mol. The molecule has 0 aliphatic heterocycles. The first-order chi connectivity index (χ1) is 13.3. The zero-order chi connectivity index (χ0) is 20.3. The Kier molecular flexibility index (Phi) is 6.50. The van der Waals surface area contributed by atoms with Crippen LogP contribution >= 0.6 is 15.9 Å². The predicted molar refractivity (Wildman–Crippen MR) is 116 cm³/mol. The summed E-state index contributed by atoms with van der Waals surface area (Å²) in [6, 6.07) is 7.61. The van der Waals surface area contributed by atoms with E-state index in [2.05, 4.69) is 30.3 Å². The van der Waals surface area contributed by atoms with Gasteiger partial charge in [-0.3, -0.25) is 0 Å². The van der Waals surface area contributed by atoms with Gasteiger partial charge < -0.3 is 4.90 Å². The van der Waals surface area contributed by atoms with Gasteiger partial charge >= 0.3 is 0 Å². The number of halogens is 2. The number of nitrogens with zero attached hydrogens (tertiary/aromatic N) is 4. The van der Waals surface area contributed by atoms with Gasteiger partial charge in [0.15, 0.2) is 5.82 Å². The highest BCUT2D eigenvalue weighted by Crippen LogP contribution is 2.36. The number of rotatable bonds is 7. The molecule has 1 aromatic carbocycles. The molecule has 1 aliphatic carbocycles. The lowest BCUT2D eigenvalue weighted by molar-refractivity contribution is 0.552. The lowest BCUT2D eigenvalue weighted by atomic mass is 10.3. The van der Waals surface area contributed by atoms with E-state index in [1.54, 1.807) is 18.5 Å².